The van der Waals surface area contributed by atoms with E-state index in [2.05, 4.69) is 10.1 Å². The molecule has 8 heteroatoms. The number of methoxy groups -OCH3 is 1. The van der Waals surface area contributed by atoms with Gasteiger partial charge in [-0.15, -0.1) is 0 Å². The highest BCUT2D eigenvalue weighted by Gasteiger charge is 2.27. The van der Waals surface area contributed by atoms with Crippen molar-refractivity contribution in [3.05, 3.63) is 29.8 Å². The van der Waals surface area contributed by atoms with Crippen LogP contribution in [0.5, 0.6) is 5.75 Å². The maximum absolute atomic E-state index is 11.9. The van der Waals surface area contributed by atoms with Crippen LogP contribution in [0.1, 0.15) is 18.0 Å². The summed E-state index contributed by atoms with van der Waals surface area (Å²) in [5.74, 6) is 0.389. The van der Waals surface area contributed by atoms with Gasteiger partial charge >= 0.3 is 6.18 Å². The van der Waals surface area contributed by atoms with E-state index in [0.29, 0.717) is 6.54 Å². The molecule has 24 heavy (non-hydrogen) atoms. The summed E-state index contributed by atoms with van der Waals surface area (Å²) in [7, 11) is 5.35. The average molecular weight is 348 g/mol. The Morgan fingerprint density at radius 1 is 1.25 bits per heavy atom. The Balaban J connectivity index is 2.44. The van der Waals surface area contributed by atoms with Gasteiger partial charge in [-0.05, 0) is 31.8 Å². The fourth-order valence-electron chi connectivity index (χ4n) is 2.08. The molecule has 0 aliphatic rings. The van der Waals surface area contributed by atoms with E-state index in [1.165, 1.54) is 0 Å². The summed E-state index contributed by atoms with van der Waals surface area (Å²) in [6.07, 6.45) is -4.49. The van der Waals surface area contributed by atoms with Crippen molar-refractivity contribution in [1.82, 2.24) is 10.2 Å². The molecule has 0 aromatic heterocycles. The quantitative estimate of drug-likeness (QED) is 0.696. The molecular weight excluding hydrogens is 325 g/mol. The van der Waals surface area contributed by atoms with Gasteiger partial charge in [0.05, 0.1) is 19.8 Å². The van der Waals surface area contributed by atoms with Crippen LogP contribution in [-0.2, 0) is 9.53 Å². The van der Waals surface area contributed by atoms with Crippen molar-refractivity contribution >= 4 is 5.91 Å². The van der Waals surface area contributed by atoms with Crippen LogP contribution in [0.25, 0.3) is 0 Å². The van der Waals surface area contributed by atoms with Gasteiger partial charge in [0.2, 0.25) is 5.91 Å². The van der Waals surface area contributed by atoms with Gasteiger partial charge in [-0.25, -0.2) is 0 Å². The highest BCUT2D eigenvalue weighted by molar-refractivity contribution is 5.76. The number of amides is 1. The highest BCUT2D eigenvalue weighted by atomic mass is 19.4. The summed E-state index contributed by atoms with van der Waals surface area (Å²) in [5, 5.41) is 2.72. The number of halogens is 3. The number of nitrogens with zero attached hydrogens (tertiary/aromatic N) is 1. The first kappa shape index (κ1) is 20.2. The molecule has 0 aliphatic carbocycles. The molecule has 1 amide bonds. The fraction of sp³-hybridized carbons (Fsp3) is 0.562. The van der Waals surface area contributed by atoms with Crippen molar-refractivity contribution in [2.45, 2.75) is 18.6 Å². The minimum atomic E-state index is -4.37. The zero-order valence-corrected chi connectivity index (χ0v) is 14.0. The summed E-state index contributed by atoms with van der Waals surface area (Å²) in [6, 6.07) is 7.41. The normalized spacial score (nSPS) is 13.0. The summed E-state index contributed by atoms with van der Waals surface area (Å²) in [5.41, 5.74) is 0.995. The Kier molecular flexibility index (Phi) is 8.00. The number of rotatable bonds is 9. The third-order valence-electron chi connectivity index (χ3n) is 3.36. The SMILES string of the molecule is COc1ccc(C(CNC(=O)CCOCC(F)(F)F)N(C)C)cc1. The summed E-state index contributed by atoms with van der Waals surface area (Å²) in [4.78, 5) is 13.7. The largest absolute Gasteiger partial charge is 0.497 e. The minimum Gasteiger partial charge on any atom is -0.497 e. The van der Waals surface area contributed by atoms with Crippen molar-refractivity contribution in [2.24, 2.45) is 0 Å². The van der Waals surface area contributed by atoms with Gasteiger partial charge in [0.15, 0.2) is 0 Å². The lowest BCUT2D eigenvalue weighted by Crippen LogP contribution is -2.35. The molecule has 1 N–H and O–H groups in total. The molecule has 0 radical (unpaired) electrons. The molecule has 1 atom stereocenters. The second kappa shape index (κ2) is 9.48. The second-order valence-electron chi connectivity index (χ2n) is 5.47. The predicted octanol–water partition coefficient (Wildman–Crippen LogP) is 2.38. The monoisotopic (exact) mass is 348 g/mol. The second-order valence-corrected chi connectivity index (χ2v) is 5.47. The number of nitrogens with one attached hydrogen (secondary N) is 1. The van der Waals surface area contributed by atoms with Crippen LogP contribution in [0.4, 0.5) is 13.2 Å². The predicted molar refractivity (Wildman–Crippen MR) is 83.9 cm³/mol. The number of carbonyl (C=O) groups is 1. The number of ether oxygens (including phenoxy) is 2. The molecule has 0 fully saturated rings. The van der Waals surface area contributed by atoms with E-state index < -0.39 is 12.8 Å². The Morgan fingerprint density at radius 2 is 1.88 bits per heavy atom. The first-order valence-corrected chi connectivity index (χ1v) is 7.44. The van der Waals surface area contributed by atoms with E-state index in [1.807, 2.05) is 43.3 Å². The molecule has 1 aromatic carbocycles. The van der Waals surface area contributed by atoms with Gasteiger partial charge < -0.3 is 19.7 Å². The molecule has 0 saturated carbocycles. The van der Waals surface area contributed by atoms with Crippen LogP contribution in [0.3, 0.4) is 0 Å². The number of likely N-dealkylation sites (N-methyl/N-ethyl adjacent to an activating group) is 1. The average Bonchev–Trinajstić information content (AvgIpc) is 2.51. The van der Waals surface area contributed by atoms with Crippen molar-refractivity contribution in [2.75, 3.05) is 41.0 Å². The standard InChI is InChI=1S/C16H23F3N2O3/c1-21(2)14(12-4-6-13(23-3)7-5-12)10-20-15(22)8-9-24-11-16(17,18)19/h4-7,14H,8-11H2,1-3H3,(H,20,22). The van der Waals surface area contributed by atoms with Crippen LogP contribution in [-0.4, -0.2) is 57.9 Å². The summed E-state index contributed by atoms with van der Waals surface area (Å²) in [6.45, 7) is -1.26. The molecule has 5 nitrogen and oxygen atoms in total. The minimum absolute atomic E-state index is 0.0593. The van der Waals surface area contributed by atoms with Crippen molar-refractivity contribution in [1.29, 1.82) is 0 Å². The smallest absolute Gasteiger partial charge is 0.411 e. The molecule has 1 aromatic rings. The lowest BCUT2D eigenvalue weighted by atomic mass is 10.1. The van der Waals surface area contributed by atoms with Crippen LogP contribution in [0, 0.1) is 0 Å². The molecule has 0 heterocycles. The zero-order valence-electron chi connectivity index (χ0n) is 14.0. The third kappa shape index (κ3) is 7.65. The molecule has 1 rings (SSSR count). The number of alkyl halides is 3. The number of carbonyl (C=O) groups excluding carboxylic acids is 1. The number of benzene rings is 1. The molecule has 0 aliphatic heterocycles. The zero-order chi connectivity index (χ0) is 18.2. The lowest BCUT2D eigenvalue weighted by Gasteiger charge is -2.25. The van der Waals surface area contributed by atoms with E-state index in [1.54, 1.807) is 7.11 Å². The Bertz CT molecular complexity index is 504. The van der Waals surface area contributed by atoms with Gasteiger partial charge in [-0.1, -0.05) is 12.1 Å². The number of hydrogen-bond acceptors (Lipinski definition) is 4. The van der Waals surface area contributed by atoms with Crippen molar-refractivity contribution < 1.29 is 27.4 Å². The molecular formula is C16H23F3N2O3. The maximum atomic E-state index is 11.9. The highest BCUT2D eigenvalue weighted by Crippen LogP contribution is 2.20. The van der Waals surface area contributed by atoms with Crippen LogP contribution >= 0.6 is 0 Å². The molecule has 0 saturated heterocycles. The van der Waals surface area contributed by atoms with E-state index in [-0.39, 0.29) is 25.0 Å². The van der Waals surface area contributed by atoms with Crippen LogP contribution in [0.2, 0.25) is 0 Å². The first-order valence-electron chi connectivity index (χ1n) is 7.44. The van der Waals surface area contributed by atoms with Gasteiger partial charge in [0.1, 0.15) is 12.4 Å². The maximum Gasteiger partial charge on any atom is 0.411 e. The topological polar surface area (TPSA) is 50.8 Å². The van der Waals surface area contributed by atoms with E-state index in [0.717, 1.165) is 11.3 Å². The summed E-state index contributed by atoms with van der Waals surface area (Å²) < 4.78 is 45.3. The Labute approximate surface area is 139 Å². The fourth-order valence-corrected chi connectivity index (χ4v) is 2.08. The number of hydrogen-bond donors (Lipinski definition) is 1. The Hall–Kier alpha value is -1.80. The molecule has 1 unspecified atom stereocenters. The van der Waals surface area contributed by atoms with Crippen molar-refractivity contribution in [3.8, 4) is 5.75 Å². The van der Waals surface area contributed by atoms with Gasteiger partial charge in [0.25, 0.3) is 0 Å². The molecule has 136 valence electrons. The van der Waals surface area contributed by atoms with Crippen LogP contribution in [0.15, 0.2) is 24.3 Å². The van der Waals surface area contributed by atoms with E-state index in [9.17, 15) is 18.0 Å². The Morgan fingerprint density at radius 3 is 2.38 bits per heavy atom. The third-order valence-corrected chi connectivity index (χ3v) is 3.36. The summed E-state index contributed by atoms with van der Waals surface area (Å²) >= 11 is 0. The first-order chi connectivity index (χ1) is 11.2. The van der Waals surface area contributed by atoms with E-state index >= 15 is 0 Å². The van der Waals surface area contributed by atoms with Gasteiger partial charge in [0, 0.05) is 13.0 Å². The van der Waals surface area contributed by atoms with Gasteiger partial charge in [-0.3, -0.25) is 4.79 Å². The molecule has 0 bridgehead atoms. The molecule has 0 spiro atoms. The van der Waals surface area contributed by atoms with Crippen molar-refractivity contribution in [3.63, 3.8) is 0 Å². The lowest BCUT2D eigenvalue weighted by molar-refractivity contribution is -0.174. The van der Waals surface area contributed by atoms with Crippen LogP contribution < -0.4 is 10.1 Å². The van der Waals surface area contributed by atoms with E-state index in [4.69, 9.17) is 4.74 Å². The van der Waals surface area contributed by atoms with Gasteiger partial charge in [-0.2, -0.15) is 13.2 Å².